The zero-order valence-electron chi connectivity index (χ0n) is 8.75. The van der Waals surface area contributed by atoms with Crippen molar-refractivity contribution in [3.05, 3.63) is 52.3 Å². The second kappa shape index (κ2) is 4.45. The van der Waals surface area contributed by atoms with Crippen LogP contribution < -0.4 is 0 Å². The average Bonchev–Trinajstić information content (AvgIpc) is 2.77. The summed E-state index contributed by atoms with van der Waals surface area (Å²) >= 11 is 5.78. The van der Waals surface area contributed by atoms with E-state index in [0.717, 1.165) is 0 Å². The molecule has 0 aliphatic heterocycles. The van der Waals surface area contributed by atoms with Crippen molar-refractivity contribution >= 4 is 17.4 Å². The summed E-state index contributed by atoms with van der Waals surface area (Å²) in [5.74, 6) is -0.660. The summed E-state index contributed by atoms with van der Waals surface area (Å²) in [6.45, 7) is 0. The molecule has 1 N–H and O–H groups in total. The second-order valence-electron chi connectivity index (χ2n) is 3.47. The molecule has 0 saturated heterocycles. The van der Waals surface area contributed by atoms with Gasteiger partial charge in [-0.1, -0.05) is 23.7 Å². The molecule has 94 valence electrons. The Morgan fingerprint density at radius 3 is 2.50 bits per heavy atom. The molecule has 3 nitrogen and oxygen atoms in total. The van der Waals surface area contributed by atoms with Gasteiger partial charge in [0.25, 0.3) is 0 Å². The number of carbonyl (C=O) groups excluding carboxylic acids is 1. The number of nitrogens with one attached hydrogen (secondary N) is 1. The van der Waals surface area contributed by atoms with Crippen LogP contribution in [0.4, 0.5) is 13.2 Å². The summed E-state index contributed by atoms with van der Waals surface area (Å²) in [5, 5.41) is 5.29. The van der Waals surface area contributed by atoms with Crippen LogP contribution in [-0.2, 0) is 6.18 Å². The van der Waals surface area contributed by atoms with Crippen LogP contribution in [0.25, 0.3) is 0 Å². The van der Waals surface area contributed by atoms with Crippen LogP contribution >= 0.6 is 11.6 Å². The number of aromatic amines is 1. The Morgan fingerprint density at radius 2 is 1.94 bits per heavy atom. The molecule has 0 radical (unpaired) electrons. The molecule has 0 spiro atoms. The van der Waals surface area contributed by atoms with Gasteiger partial charge in [-0.05, 0) is 18.2 Å². The van der Waals surface area contributed by atoms with E-state index in [1.807, 2.05) is 0 Å². The molecule has 1 aromatic heterocycles. The SMILES string of the molecule is O=C(c1cc(C(F)(F)F)[nH]n1)c1ccccc1Cl. The van der Waals surface area contributed by atoms with Gasteiger partial charge in [0.05, 0.1) is 5.02 Å². The number of carbonyl (C=O) groups is 1. The minimum atomic E-state index is -4.56. The van der Waals surface area contributed by atoms with E-state index in [1.54, 1.807) is 17.2 Å². The van der Waals surface area contributed by atoms with Gasteiger partial charge in [0, 0.05) is 5.56 Å². The quantitative estimate of drug-likeness (QED) is 0.854. The number of alkyl halides is 3. The fraction of sp³-hybridized carbons (Fsp3) is 0.0909. The minimum absolute atomic E-state index is 0.111. The Bertz CT molecular complexity index is 592. The number of rotatable bonds is 2. The lowest BCUT2D eigenvalue weighted by Crippen LogP contribution is -2.05. The van der Waals surface area contributed by atoms with E-state index in [-0.39, 0.29) is 16.3 Å². The maximum absolute atomic E-state index is 12.3. The Kier molecular flexibility index (Phi) is 3.13. The van der Waals surface area contributed by atoms with E-state index in [0.29, 0.717) is 6.07 Å². The number of hydrogen-bond donors (Lipinski definition) is 1. The van der Waals surface area contributed by atoms with Crippen LogP contribution in [0.2, 0.25) is 5.02 Å². The molecule has 0 unspecified atom stereocenters. The summed E-state index contributed by atoms with van der Waals surface area (Å²) < 4.78 is 37.0. The van der Waals surface area contributed by atoms with Crippen molar-refractivity contribution in [2.24, 2.45) is 0 Å². The predicted molar refractivity (Wildman–Crippen MR) is 58.5 cm³/mol. The van der Waals surface area contributed by atoms with Gasteiger partial charge >= 0.3 is 6.18 Å². The minimum Gasteiger partial charge on any atom is -0.287 e. The molecule has 0 aliphatic rings. The van der Waals surface area contributed by atoms with Crippen LogP contribution in [0.3, 0.4) is 0 Å². The lowest BCUT2D eigenvalue weighted by molar-refractivity contribution is -0.141. The zero-order valence-corrected chi connectivity index (χ0v) is 9.51. The monoisotopic (exact) mass is 274 g/mol. The Balaban J connectivity index is 2.36. The summed E-state index contributed by atoms with van der Waals surface area (Å²) in [6, 6.07) is 6.74. The van der Waals surface area contributed by atoms with Crippen molar-refractivity contribution in [2.75, 3.05) is 0 Å². The lowest BCUT2D eigenvalue weighted by atomic mass is 10.1. The van der Waals surface area contributed by atoms with Gasteiger partial charge in [-0.2, -0.15) is 18.3 Å². The van der Waals surface area contributed by atoms with Crippen LogP contribution in [0.1, 0.15) is 21.7 Å². The van der Waals surface area contributed by atoms with Gasteiger partial charge in [0.15, 0.2) is 0 Å². The molecule has 0 atom stereocenters. The Labute approximate surface area is 105 Å². The van der Waals surface area contributed by atoms with Crippen molar-refractivity contribution in [3.8, 4) is 0 Å². The van der Waals surface area contributed by atoms with Crippen LogP contribution in [0.5, 0.6) is 0 Å². The third kappa shape index (κ3) is 2.38. The second-order valence-corrected chi connectivity index (χ2v) is 3.88. The standard InChI is InChI=1S/C11H6ClF3N2O/c12-7-4-2-1-3-6(7)10(18)8-5-9(17-16-8)11(13,14)15/h1-5H,(H,16,17). The van der Waals surface area contributed by atoms with E-state index in [2.05, 4.69) is 5.10 Å². The molecule has 2 rings (SSSR count). The van der Waals surface area contributed by atoms with Gasteiger partial charge in [-0.25, -0.2) is 0 Å². The highest BCUT2D eigenvalue weighted by Crippen LogP contribution is 2.28. The molecule has 0 saturated carbocycles. The highest BCUT2D eigenvalue weighted by Gasteiger charge is 2.34. The van der Waals surface area contributed by atoms with Gasteiger partial charge in [0.1, 0.15) is 11.4 Å². The zero-order chi connectivity index (χ0) is 13.3. The first-order valence-corrected chi connectivity index (χ1v) is 5.19. The molecule has 2 aromatic rings. The topological polar surface area (TPSA) is 45.8 Å². The molecule has 0 bridgehead atoms. The van der Waals surface area contributed by atoms with E-state index in [4.69, 9.17) is 11.6 Å². The van der Waals surface area contributed by atoms with E-state index < -0.39 is 17.7 Å². The maximum atomic E-state index is 12.3. The van der Waals surface area contributed by atoms with Crippen LogP contribution in [0.15, 0.2) is 30.3 Å². The van der Waals surface area contributed by atoms with Gasteiger partial charge in [-0.3, -0.25) is 9.89 Å². The highest BCUT2D eigenvalue weighted by molar-refractivity contribution is 6.34. The number of benzene rings is 1. The van der Waals surface area contributed by atoms with Crippen LogP contribution in [0, 0.1) is 0 Å². The smallest absolute Gasteiger partial charge is 0.287 e. The first kappa shape index (κ1) is 12.6. The highest BCUT2D eigenvalue weighted by atomic mass is 35.5. The first-order valence-electron chi connectivity index (χ1n) is 4.81. The van der Waals surface area contributed by atoms with Crippen molar-refractivity contribution in [2.45, 2.75) is 6.18 Å². The summed E-state index contributed by atoms with van der Waals surface area (Å²) in [4.78, 5) is 11.9. The van der Waals surface area contributed by atoms with E-state index >= 15 is 0 Å². The Hall–Kier alpha value is -1.82. The average molecular weight is 275 g/mol. The summed E-state index contributed by atoms with van der Waals surface area (Å²) in [5.41, 5.74) is -1.28. The molecule has 1 heterocycles. The molecule has 0 aliphatic carbocycles. The van der Waals surface area contributed by atoms with Gasteiger partial charge in [-0.15, -0.1) is 0 Å². The molecular weight excluding hydrogens is 269 g/mol. The summed E-state index contributed by atoms with van der Waals surface area (Å²) in [6.07, 6.45) is -4.56. The lowest BCUT2D eigenvalue weighted by Gasteiger charge is -2.00. The van der Waals surface area contributed by atoms with Gasteiger partial charge in [0.2, 0.25) is 5.78 Å². The third-order valence-electron chi connectivity index (χ3n) is 2.23. The van der Waals surface area contributed by atoms with E-state index in [1.165, 1.54) is 12.1 Å². The predicted octanol–water partition coefficient (Wildman–Crippen LogP) is 3.31. The number of nitrogens with zero attached hydrogens (tertiary/aromatic N) is 1. The maximum Gasteiger partial charge on any atom is 0.432 e. The number of hydrogen-bond acceptors (Lipinski definition) is 2. The van der Waals surface area contributed by atoms with Gasteiger partial charge < -0.3 is 0 Å². The largest absolute Gasteiger partial charge is 0.432 e. The molecule has 1 aromatic carbocycles. The third-order valence-corrected chi connectivity index (χ3v) is 2.56. The van der Waals surface area contributed by atoms with Crippen LogP contribution in [-0.4, -0.2) is 16.0 Å². The first-order chi connectivity index (χ1) is 8.39. The van der Waals surface area contributed by atoms with Crippen molar-refractivity contribution in [3.63, 3.8) is 0 Å². The molecular formula is C11H6ClF3N2O. The number of ketones is 1. The number of halogens is 4. The number of H-pyrrole nitrogens is 1. The Morgan fingerprint density at radius 1 is 1.28 bits per heavy atom. The fourth-order valence-electron chi connectivity index (χ4n) is 1.37. The summed E-state index contributed by atoms with van der Waals surface area (Å²) in [7, 11) is 0. The van der Waals surface area contributed by atoms with E-state index in [9.17, 15) is 18.0 Å². The number of aromatic nitrogens is 2. The molecule has 0 fully saturated rings. The normalized spacial score (nSPS) is 11.6. The molecule has 0 amide bonds. The molecule has 7 heteroatoms. The van der Waals surface area contributed by atoms with Crippen molar-refractivity contribution < 1.29 is 18.0 Å². The molecule has 18 heavy (non-hydrogen) atoms. The van der Waals surface area contributed by atoms with Crippen molar-refractivity contribution in [1.82, 2.24) is 10.2 Å². The van der Waals surface area contributed by atoms with Crippen molar-refractivity contribution in [1.29, 1.82) is 0 Å². The fourth-order valence-corrected chi connectivity index (χ4v) is 1.59.